The number of hydrogen-bond acceptors (Lipinski definition) is 6. The Bertz CT molecular complexity index is 1440. The minimum Gasteiger partial charge on any atom is -0.492 e. The normalized spacial score (nSPS) is 14.5. The molecule has 1 unspecified atom stereocenters. The average molecular weight is 496 g/mol. The van der Waals surface area contributed by atoms with E-state index in [1.807, 2.05) is 74.5 Å². The summed E-state index contributed by atoms with van der Waals surface area (Å²) in [5, 5.41) is 10.6. The Morgan fingerprint density at radius 2 is 1.84 bits per heavy atom. The molecule has 0 bridgehead atoms. The summed E-state index contributed by atoms with van der Waals surface area (Å²) in [6.45, 7) is 6.82. The van der Waals surface area contributed by atoms with E-state index in [1.54, 1.807) is 4.68 Å². The molecule has 1 aliphatic rings. The maximum Gasteiger partial charge on any atom is 0.255 e. The molecule has 5 rings (SSSR count). The zero-order chi connectivity index (χ0) is 25.8. The van der Waals surface area contributed by atoms with Gasteiger partial charge in [-0.1, -0.05) is 54.1 Å². The molecule has 1 aromatic heterocycles. The molecule has 8 heteroatoms. The van der Waals surface area contributed by atoms with Crippen molar-refractivity contribution >= 4 is 17.5 Å². The number of para-hydroxylation sites is 2. The molecule has 0 spiro atoms. The van der Waals surface area contributed by atoms with Crippen molar-refractivity contribution in [2.24, 2.45) is 0 Å². The summed E-state index contributed by atoms with van der Waals surface area (Å²) in [5.74, 6) is 1.69. The number of aromatic nitrogens is 3. The second-order valence-corrected chi connectivity index (χ2v) is 8.82. The number of nitrogens with zero attached hydrogens (tertiary/aromatic N) is 3. The summed E-state index contributed by atoms with van der Waals surface area (Å²) in [4.78, 5) is 18.0. The van der Waals surface area contributed by atoms with Crippen LogP contribution in [0.3, 0.4) is 0 Å². The van der Waals surface area contributed by atoms with Gasteiger partial charge in [0.1, 0.15) is 30.5 Å². The van der Waals surface area contributed by atoms with Gasteiger partial charge in [0, 0.05) is 5.70 Å². The standard InChI is InChI=1S/C29H29N5O3/c1-4-36-25-11-6-5-10-24(25)33-28(35)26-20(3)32-29-30-18-31-34(29)27(26)22-12-14-23(15-13-22)37-17-21-9-7-8-19(2)16-21/h5-16,18,27H,4,17H2,1-3H3,(H,33,35)(H,30,31,32). The largest absolute Gasteiger partial charge is 0.492 e. The zero-order valence-corrected chi connectivity index (χ0v) is 21.1. The number of carbonyl (C=O) groups excluding carboxylic acids is 1. The zero-order valence-electron chi connectivity index (χ0n) is 21.1. The van der Waals surface area contributed by atoms with Gasteiger partial charge in [0.25, 0.3) is 5.91 Å². The van der Waals surface area contributed by atoms with Crippen LogP contribution in [0.4, 0.5) is 11.6 Å². The Morgan fingerprint density at radius 3 is 2.62 bits per heavy atom. The van der Waals surface area contributed by atoms with Crippen LogP contribution < -0.4 is 20.1 Å². The number of aryl methyl sites for hydroxylation is 1. The van der Waals surface area contributed by atoms with Gasteiger partial charge in [-0.2, -0.15) is 10.1 Å². The van der Waals surface area contributed by atoms with Crippen LogP contribution in [0.2, 0.25) is 0 Å². The Hall–Kier alpha value is -4.59. The highest BCUT2D eigenvalue weighted by molar-refractivity contribution is 6.06. The first-order valence-electron chi connectivity index (χ1n) is 12.2. The SMILES string of the molecule is CCOc1ccccc1NC(=O)C1=C(C)Nc2ncnn2C1c1ccc(OCc2cccc(C)c2)cc1. The number of fused-ring (bicyclic) bond motifs is 1. The summed E-state index contributed by atoms with van der Waals surface area (Å²) in [6, 6.07) is 22.9. The summed E-state index contributed by atoms with van der Waals surface area (Å²) in [7, 11) is 0. The highest BCUT2D eigenvalue weighted by Crippen LogP contribution is 2.36. The highest BCUT2D eigenvalue weighted by atomic mass is 16.5. The number of benzene rings is 3. The minimum atomic E-state index is -0.469. The lowest BCUT2D eigenvalue weighted by molar-refractivity contribution is -0.113. The molecule has 0 radical (unpaired) electrons. The van der Waals surface area contributed by atoms with Crippen LogP contribution in [0, 0.1) is 6.92 Å². The summed E-state index contributed by atoms with van der Waals surface area (Å²) >= 11 is 0. The van der Waals surface area contributed by atoms with Crippen molar-refractivity contribution < 1.29 is 14.3 Å². The monoisotopic (exact) mass is 495 g/mol. The number of allylic oxidation sites excluding steroid dienone is 1. The smallest absolute Gasteiger partial charge is 0.255 e. The molecule has 37 heavy (non-hydrogen) atoms. The van der Waals surface area contributed by atoms with Crippen molar-refractivity contribution in [3.05, 3.63) is 107 Å². The molecule has 2 heterocycles. The van der Waals surface area contributed by atoms with Gasteiger partial charge in [-0.25, -0.2) is 4.68 Å². The van der Waals surface area contributed by atoms with Crippen LogP contribution in [0.25, 0.3) is 0 Å². The third-order valence-electron chi connectivity index (χ3n) is 6.16. The Balaban J connectivity index is 1.41. The molecule has 1 aliphatic heterocycles. The van der Waals surface area contributed by atoms with E-state index in [1.165, 1.54) is 11.9 Å². The van der Waals surface area contributed by atoms with Crippen LogP contribution in [0.5, 0.6) is 11.5 Å². The van der Waals surface area contributed by atoms with E-state index in [4.69, 9.17) is 9.47 Å². The Morgan fingerprint density at radius 1 is 1.03 bits per heavy atom. The predicted molar refractivity (Wildman–Crippen MR) is 143 cm³/mol. The average Bonchev–Trinajstić information content (AvgIpc) is 3.36. The molecule has 2 N–H and O–H groups in total. The molecule has 0 saturated carbocycles. The number of hydrogen-bond donors (Lipinski definition) is 2. The fourth-order valence-corrected chi connectivity index (χ4v) is 4.45. The number of amides is 1. The van der Waals surface area contributed by atoms with Gasteiger partial charge in [-0.3, -0.25) is 4.79 Å². The third-order valence-corrected chi connectivity index (χ3v) is 6.16. The van der Waals surface area contributed by atoms with Crippen molar-refractivity contribution in [1.29, 1.82) is 0 Å². The second-order valence-electron chi connectivity index (χ2n) is 8.82. The molecule has 1 atom stereocenters. The van der Waals surface area contributed by atoms with Crippen molar-refractivity contribution in [2.45, 2.75) is 33.4 Å². The van der Waals surface area contributed by atoms with Gasteiger partial charge in [0.05, 0.1) is 17.9 Å². The second kappa shape index (κ2) is 10.6. The first-order valence-corrected chi connectivity index (χ1v) is 12.2. The lowest BCUT2D eigenvalue weighted by atomic mass is 9.95. The van der Waals surface area contributed by atoms with Crippen LogP contribution >= 0.6 is 0 Å². The van der Waals surface area contributed by atoms with Crippen molar-refractivity contribution in [1.82, 2.24) is 14.8 Å². The van der Waals surface area contributed by atoms with Gasteiger partial charge in [-0.15, -0.1) is 0 Å². The molecule has 1 amide bonds. The predicted octanol–water partition coefficient (Wildman–Crippen LogP) is 5.49. The maximum absolute atomic E-state index is 13.7. The lowest BCUT2D eigenvalue weighted by Crippen LogP contribution is -2.31. The number of rotatable bonds is 8. The molecule has 3 aromatic carbocycles. The van der Waals surface area contributed by atoms with Crippen LogP contribution in [-0.2, 0) is 11.4 Å². The summed E-state index contributed by atoms with van der Waals surface area (Å²) in [5.41, 5.74) is 5.05. The van der Waals surface area contributed by atoms with Gasteiger partial charge in [-0.05, 0) is 56.2 Å². The molecule has 0 aliphatic carbocycles. The van der Waals surface area contributed by atoms with Crippen molar-refractivity contribution in [3.63, 3.8) is 0 Å². The quantitative estimate of drug-likeness (QED) is 0.336. The fraction of sp³-hybridized carbons (Fsp3) is 0.207. The summed E-state index contributed by atoms with van der Waals surface area (Å²) in [6.07, 6.45) is 1.48. The Kier molecular flexibility index (Phi) is 6.89. The first-order chi connectivity index (χ1) is 18.0. The van der Waals surface area contributed by atoms with Crippen LogP contribution in [-0.4, -0.2) is 27.3 Å². The highest BCUT2D eigenvalue weighted by Gasteiger charge is 2.33. The number of anilines is 2. The number of carbonyl (C=O) groups is 1. The van der Waals surface area contributed by atoms with Gasteiger partial charge in [0.2, 0.25) is 5.95 Å². The van der Waals surface area contributed by atoms with E-state index in [9.17, 15) is 4.79 Å². The summed E-state index contributed by atoms with van der Waals surface area (Å²) < 4.78 is 13.4. The number of nitrogens with one attached hydrogen (secondary N) is 2. The molecule has 4 aromatic rings. The Labute approximate surface area is 216 Å². The molecular formula is C29H29N5O3. The number of ether oxygens (including phenoxy) is 2. The first kappa shape index (κ1) is 24.1. The lowest BCUT2D eigenvalue weighted by Gasteiger charge is -2.29. The van der Waals surface area contributed by atoms with Gasteiger partial charge < -0.3 is 20.1 Å². The maximum atomic E-state index is 13.7. The molecule has 0 fully saturated rings. The third kappa shape index (κ3) is 5.18. The van der Waals surface area contributed by atoms with E-state index in [2.05, 4.69) is 39.8 Å². The van der Waals surface area contributed by atoms with Crippen LogP contribution in [0.15, 0.2) is 90.4 Å². The molecule has 0 saturated heterocycles. The molecule has 8 nitrogen and oxygen atoms in total. The fourth-order valence-electron chi connectivity index (χ4n) is 4.45. The van der Waals surface area contributed by atoms with E-state index in [0.29, 0.717) is 41.9 Å². The van der Waals surface area contributed by atoms with Gasteiger partial charge >= 0.3 is 0 Å². The van der Waals surface area contributed by atoms with Crippen molar-refractivity contribution in [3.8, 4) is 11.5 Å². The molecular weight excluding hydrogens is 466 g/mol. The van der Waals surface area contributed by atoms with Crippen LogP contribution in [0.1, 0.15) is 36.6 Å². The van der Waals surface area contributed by atoms with E-state index in [0.717, 1.165) is 16.9 Å². The van der Waals surface area contributed by atoms with E-state index < -0.39 is 6.04 Å². The van der Waals surface area contributed by atoms with E-state index in [-0.39, 0.29) is 5.91 Å². The van der Waals surface area contributed by atoms with Crippen molar-refractivity contribution in [2.75, 3.05) is 17.2 Å². The van der Waals surface area contributed by atoms with Gasteiger partial charge in [0.15, 0.2) is 0 Å². The molecule has 188 valence electrons. The van der Waals surface area contributed by atoms with E-state index >= 15 is 0 Å². The minimum absolute atomic E-state index is 0.247. The topological polar surface area (TPSA) is 90.3 Å².